The summed E-state index contributed by atoms with van der Waals surface area (Å²) in [5.74, 6) is 1.35. The number of carbonyl (C=O) groups is 1. The number of hydrogen-bond donors (Lipinski definition) is 2. The maximum absolute atomic E-state index is 13.3. The van der Waals surface area contributed by atoms with Crippen LogP contribution in [0.3, 0.4) is 0 Å². The standard InChI is InChI=1S/C27H38N4O2/c1-16-8-9-19(26(32)30-21-11-18-6-4-5-7-24(18)29-15-21)12-22(16)23-13-20-14-28-17(2)10-25(20)31(3)27(23)33/h10,13-14,16,18-19,21-22,24,29H,4-9,11-12,15H2,1-3H3,(H,30,32). The zero-order chi connectivity index (χ0) is 23.1. The Morgan fingerprint density at radius 3 is 2.82 bits per heavy atom. The van der Waals surface area contributed by atoms with Crippen LogP contribution in [0.25, 0.3) is 10.9 Å². The minimum Gasteiger partial charge on any atom is -0.352 e. The molecule has 0 aromatic carbocycles. The van der Waals surface area contributed by atoms with Gasteiger partial charge >= 0.3 is 0 Å². The van der Waals surface area contributed by atoms with E-state index in [-0.39, 0.29) is 29.3 Å². The number of piperidine rings is 1. The molecule has 2 saturated carbocycles. The van der Waals surface area contributed by atoms with E-state index in [1.54, 1.807) is 4.57 Å². The van der Waals surface area contributed by atoms with Crippen molar-refractivity contribution in [1.29, 1.82) is 0 Å². The van der Waals surface area contributed by atoms with Gasteiger partial charge in [-0.25, -0.2) is 0 Å². The Morgan fingerprint density at radius 1 is 1.15 bits per heavy atom. The Morgan fingerprint density at radius 2 is 1.97 bits per heavy atom. The molecule has 178 valence electrons. The van der Waals surface area contributed by atoms with Crippen LogP contribution in [0.1, 0.15) is 75.5 Å². The molecular formula is C27H38N4O2. The van der Waals surface area contributed by atoms with Gasteiger partial charge in [-0.2, -0.15) is 0 Å². The third-order valence-corrected chi connectivity index (χ3v) is 8.71. The fraction of sp³-hybridized carbons (Fsp3) is 0.667. The van der Waals surface area contributed by atoms with Crippen molar-refractivity contribution in [3.05, 3.63) is 39.9 Å². The van der Waals surface area contributed by atoms with Crippen LogP contribution in [-0.4, -0.2) is 34.1 Å². The van der Waals surface area contributed by atoms with E-state index in [0.29, 0.717) is 17.9 Å². The second-order valence-electron chi connectivity index (χ2n) is 10.9. The van der Waals surface area contributed by atoms with Gasteiger partial charge in [0.1, 0.15) is 0 Å². The van der Waals surface area contributed by atoms with E-state index in [1.165, 1.54) is 25.7 Å². The molecule has 0 radical (unpaired) electrons. The Labute approximate surface area is 196 Å². The molecule has 5 rings (SSSR count). The largest absolute Gasteiger partial charge is 0.352 e. The van der Waals surface area contributed by atoms with Crippen molar-refractivity contribution < 1.29 is 4.79 Å². The molecule has 1 saturated heterocycles. The summed E-state index contributed by atoms with van der Waals surface area (Å²) in [5.41, 5.74) is 2.72. The van der Waals surface area contributed by atoms with Gasteiger partial charge in [-0.3, -0.25) is 14.6 Å². The molecule has 2 aromatic heterocycles. The van der Waals surface area contributed by atoms with E-state index < -0.39 is 0 Å². The lowest BCUT2D eigenvalue weighted by Crippen LogP contribution is -2.55. The summed E-state index contributed by atoms with van der Waals surface area (Å²) in [6, 6.07) is 4.88. The summed E-state index contributed by atoms with van der Waals surface area (Å²) >= 11 is 0. The number of amides is 1. The highest BCUT2D eigenvalue weighted by atomic mass is 16.2. The maximum atomic E-state index is 13.3. The molecular weight excluding hydrogens is 412 g/mol. The molecule has 0 spiro atoms. The Kier molecular flexibility index (Phi) is 6.30. The summed E-state index contributed by atoms with van der Waals surface area (Å²) in [7, 11) is 1.85. The molecule has 0 bridgehead atoms. The minimum atomic E-state index is -0.0215. The van der Waals surface area contributed by atoms with Crippen LogP contribution in [-0.2, 0) is 11.8 Å². The number of aromatic nitrogens is 2. The third-order valence-electron chi connectivity index (χ3n) is 8.71. The van der Waals surface area contributed by atoms with Gasteiger partial charge in [0.25, 0.3) is 5.56 Å². The fourth-order valence-corrected chi connectivity index (χ4v) is 6.68. The number of aryl methyl sites for hydroxylation is 2. The van der Waals surface area contributed by atoms with Gasteiger partial charge < -0.3 is 15.2 Å². The highest BCUT2D eigenvalue weighted by molar-refractivity contribution is 5.80. The lowest BCUT2D eigenvalue weighted by atomic mass is 9.71. The number of nitrogens with one attached hydrogen (secondary N) is 2. The van der Waals surface area contributed by atoms with E-state index in [2.05, 4.69) is 22.5 Å². The van der Waals surface area contributed by atoms with E-state index in [4.69, 9.17) is 0 Å². The first-order valence-electron chi connectivity index (χ1n) is 12.9. The van der Waals surface area contributed by atoms with E-state index >= 15 is 0 Å². The molecule has 33 heavy (non-hydrogen) atoms. The van der Waals surface area contributed by atoms with Crippen LogP contribution in [0.2, 0.25) is 0 Å². The molecule has 6 unspecified atom stereocenters. The van der Waals surface area contributed by atoms with Gasteiger partial charge in [0.05, 0.1) is 5.52 Å². The summed E-state index contributed by atoms with van der Waals surface area (Å²) in [4.78, 5) is 31.0. The number of hydrogen-bond acceptors (Lipinski definition) is 4. The summed E-state index contributed by atoms with van der Waals surface area (Å²) in [6.07, 6.45) is 10.8. The maximum Gasteiger partial charge on any atom is 0.254 e. The molecule has 2 N–H and O–H groups in total. The normalized spacial score (nSPS) is 32.3. The van der Waals surface area contributed by atoms with Gasteiger partial charge in [-0.1, -0.05) is 19.8 Å². The molecule has 3 aliphatic rings. The average molecular weight is 451 g/mol. The van der Waals surface area contributed by atoms with Crippen molar-refractivity contribution in [3.8, 4) is 0 Å². The number of fused-ring (bicyclic) bond motifs is 2. The van der Waals surface area contributed by atoms with Crippen LogP contribution in [0.15, 0.2) is 23.1 Å². The van der Waals surface area contributed by atoms with Crippen LogP contribution < -0.4 is 16.2 Å². The number of rotatable bonds is 3. The zero-order valence-corrected chi connectivity index (χ0v) is 20.3. The summed E-state index contributed by atoms with van der Waals surface area (Å²) < 4.78 is 1.75. The predicted octanol–water partition coefficient (Wildman–Crippen LogP) is 3.80. The first kappa shape index (κ1) is 22.6. The third kappa shape index (κ3) is 4.46. The number of nitrogens with zero attached hydrogens (tertiary/aromatic N) is 2. The topological polar surface area (TPSA) is 76.0 Å². The van der Waals surface area contributed by atoms with E-state index in [1.807, 2.05) is 32.3 Å². The molecule has 6 heteroatoms. The summed E-state index contributed by atoms with van der Waals surface area (Å²) in [5, 5.41) is 8.06. The summed E-state index contributed by atoms with van der Waals surface area (Å²) in [6.45, 7) is 5.06. The SMILES string of the molecule is Cc1cc2c(cn1)cc(C1CC(C(=O)NC3CNC4CCCCC4C3)CCC1C)c(=O)n2C. The average Bonchev–Trinajstić information content (AvgIpc) is 2.82. The minimum absolute atomic E-state index is 0.0215. The van der Waals surface area contributed by atoms with E-state index in [9.17, 15) is 9.59 Å². The van der Waals surface area contributed by atoms with Gasteiger partial charge in [-0.15, -0.1) is 0 Å². The molecule has 2 aromatic rings. The van der Waals surface area contributed by atoms with Crippen LogP contribution >= 0.6 is 0 Å². The first-order valence-corrected chi connectivity index (χ1v) is 12.9. The van der Waals surface area contributed by atoms with Crippen LogP contribution in [0.4, 0.5) is 0 Å². The van der Waals surface area contributed by atoms with Gasteiger partial charge in [0.15, 0.2) is 0 Å². The smallest absolute Gasteiger partial charge is 0.254 e. The molecule has 2 aliphatic carbocycles. The lowest BCUT2D eigenvalue weighted by molar-refractivity contribution is -0.127. The van der Waals surface area contributed by atoms with Crippen molar-refractivity contribution in [2.45, 2.75) is 83.2 Å². The van der Waals surface area contributed by atoms with Gasteiger partial charge in [0, 0.05) is 54.4 Å². The predicted molar refractivity (Wildman–Crippen MR) is 131 cm³/mol. The Bertz CT molecular complexity index is 1090. The molecule has 6 nitrogen and oxygen atoms in total. The Balaban J connectivity index is 1.31. The van der Waals surface area contributed by atoms with Gasteiger partial charge in [-0.05, 0) is 75.3 Å². The van der Waals surface area contributed by atoms with Crippen molar-refractivity contribution in [2.75, 3.05) is 6.54 Å². The van der Waals surface area contributed by atoms with Crippen molar-refractivity contribution >= 4 is 16.8 Å². The quantitative estimate of drug-likeness (QED) is 0.746. The number of carbonyl (C=O) groups excluding carboxylic acids is 1. The molecule has 3 fully saturated rings. The Hall–Kier alpha value is -2.21. The lowest BCUT2D eigenvalue weighted by Gasteiger charge is -2.41. The van der Waals surface area contributed by atoms with Gasteiger partial charge in [0.2, 0.25) is 5.91 Å². The van der Waals surface area contributed by atoms with Crippen molar-refractivity contribution in [3.63, 3.8) is 0 Å². The molecule has 1 amide bonds. The fourth-order valence-electron chi connectivity index (χ4n) is 6.68. The monoisotopic (exact) mass is 450 g/mol. The van der Waals surface area contributed by atoms with Crippen molar-refractivity contribution in [2.24, 2.45) is 24.8 Å². The second kappa shape index (κ2) is 9.21. The molecule has 6 atom stereocenters. The highest BCUT2D eigenvalue weighted by Crippen LogP contribution is 2.40. The van der Waals surface area contributed by atoms with Crippen molar-refractivity contribution in [1.82, 2.24) is 20.2 Å². The van der Waals surface area contributed by atoms with Crippen LogP contribution in [0.5, 0.6) is 0 Å². The molecule has 1 aliphatic heterocycles. The van der Waals surface area contributed by atoms with E-state index in [0.717, 1.165) is 54.4 Å². The van der Waals surface area contributed by atoms with Crippen LogP contribution in [0, 0.1) is 24.7 Å². The molecule has 3 heterocycles. The number of pyridine rings is 2. The second-order valence-corrected chi connectivity index (χ2v) is 10.9. The first-order chi connectivity index (χ1) is 15.9. The highest BCUT2D eigenvalue weighted by Gasteiger charge is 2.37. The zero-order valence-electron chi connectivity index (χ0n) is 20.3.